The first kappa shape index (κ1) is 23.1. The minimum Gasteiger partial charge on any atom is -0.508 e. The van der Waals surface area contributed by atoms with Gasteiger partial charge in [-0.2, -0.15) is 0 Å². The van der Waals surface area contributed by atoms with Crippen molar-refractivity contribution in [3.05, 3.63) is 65.7 Å². The molecule has 1 heterocycles. The SMILES string of the molecule is O=C(Nc1ccc(-c2nc(C(Cl)(Cl)Cl)nc(C(Cl)(Cl)Cl)n2)cc1)c1ccc(O)cc1. The summed E-state index contributed by atoms with van der Waals surface area (Å²) in [5.74, 6) is -0.576. The topological polar surface area (TPSA) is 88.0 Å². The zero-order valence-electron chi connectivity index (χ0n) is 14.6. The average Bonchev–Trinajstić information content (AvgIpc) is 2.67. The summed E-state index contributed by atoms with van der Waals surface area (Å²) in [5, 5.41) is 12.0. The van der Waals surface area contributed by atoms with E-state index in [2.05, 4.69) is 20.3 Å². The molecule has 3 aromatic rings. The number of hydrogen-bond acceptors (Lipinski definition) is 5. The Hall–Kier alpha value is -1.54. The molecule has 0 saturated carbocycles. The first-order chi connectivity index (χ1) is 13.9. The van der Waals surface area contributed by atoms with Crippen molar-refractivity contribution in [1.82, 2.24) is 15.0 Å². The molecular weight excluding hydrogens is 517 g/mol. The molecule has 0 spiro atoms. The Labute approximate surface area is 201 Å². The van der Waals surface area contributed by atoms with E-state index < -0.39 is 7.59 Å². The quantitative estimate of drug-likeness (QED) is 0.400. The number of carbonyl (C=O) groups excluding carboxylic acids is 1. The third-order valence-corrected chi connectivity index (χ3v) is 4.69. The number of hydrogen-bond donors (Lipinski definition) is 2. The van der Waals surface area contributed by atoms with Crippen LogP contribution in [0.2, 0.25) is 0 Å². The Bertz CT molecular complexity index is 1030. The number of halogens is 6. The number of nitrogens with one attached hydrogen (secondary N) is 1. The molecule has 0 fully saturated rings. The minimum atomic E-state index is -1.96. The summed E-state index contributed by atoms with van der Waals surface area (Å²) < 4.78 is -3.92. The third-order valence-electron chi connectivity index (χ3n) is 3.67. The van der Waals surface area contributed by atoms with Gasteiger partial charge in [-0.25, -0.2) is 15.0 Å². The van der Waals surface area contributed by atoms with Crippen LogP contribution in [0.15, 0.2) is 48.5 Å². The van der Waals surface area contributed by atoms with Crippen molar-refractivity contribution in [2.24, 2.45) is 0 Å². The normalized spacial score (nSPS) is 11.9. The standard InChI is InChI=1S/C18H10Cl6N4O2/c19-17(20,21)15-26-13(27-16(28-15)18(22,23)24)9-1-5-11(6-2-9)25-14(30)10-3-7-12(29)8-4-10/h1-8,29H,(H,25,30). The first-order valence-electron chi connectivity index (χ1n) is 8.05. The van der Waals surface area contributed by atoms with Crippen LogP contribution in [0.25, 0.3) is 11.4 Å². The number of rotatable bonds is 3. The van der Waals surface area contributed by atoms with Crippen LogP contribution in [0.3, 0.4) is 0 Å². The van der Waals surface area contributed by atoms with Gasteiger partial charge in [-0.3, -0.25) is 4.79 Å². The Morgan fingerprint density at radius 3 is 1.73 bits per heavy atom. The molecule has 0 atom stereocenters. The lowest BCUT2D eigenvalue weighted by atomic mass is 10.1. The molecule has 0 saturated heterocycles. The summed E-state index contributed by atoms with van der Waals surface area (Å²) in [7, 11) is 0. The number of nitrogens with zero attached hydrogens (tertiary/aromatic N) is 3. The fourth-order valence-corrected chi connectivity index (χ4v) is 2.78. The van der Waals surface area contributed by atoms with Gasteiger partial charge in [0.25, 0.3) is 5.91 Å². The van der Waals surface area contributed by atoms with Gasteiger partial charge in [-0.05, 0) is 48.5 Å². The van der Waals surface area contributed by atoms with E-state index in [1.165, 1.54) is 24.3 Å². The molecule has 2 aromatic carbocycles. The summed E-state index contributed by atoms with van der Waals surface area (Å²) in [6.45, 7) is 0. The predicted molar refractivity (Wildman–Crippen MR) is 120 cm³/mol. The summed E-state index contributed by atoms with van der Waals surface area (Å²) in [6.07, 6.45) is 0. The fraction of sp³-hybridized carbons (Fsp3) is 0.111. The molecule has 3 rings (SSSR count). The molecule has 0 aliphatic carbocycles. The average molecular weight is 527 g/mol. The molecule has 0 radical (unpaired) electrons. The van der Waals surface area contributed by atoms with Gasteiger partial charge in [0, 0.05) is 16.8 Å². The third kappa shape index (κ3) is 5.78. The highest BCUT2D eigenvalue weighted by atomic mass is 35.6. The molecule has 30 heavy (non-hydrogen) atoms. The van der Waals surface area contributed by atoms with Crippen molar-refractivity contribution in [3.63, 3.8) is 0 Å². The number of anilines is 1. The van der Waals surface area contributed by atoms with E-state index in [1.807, 2.05) is 0 Å². The van der Waals surface area contributed by atoms with Crippen LogP contribution in [0.1, 0.15) is 22.0 Å². The lowest BCUT2D eigenvalue weighted by molar-refractivity contribution is 0.102. The number of amides is 1. The Kier molecular flexibility index (Phi) is 6.87. The predicted octanol–water partition coefficient (Wildman–Crippen LogP) is 6.15. The van der Waals surface area contributed by atoms with Crippen molar-refractivity contribution >= 4 is 81.2 Å². The van der Waals surface area contributed by atoms with Crippen molar-refractivity contribution in [1.29, 1.82) is 0 Å². The van der Waals surface area contributed by atoms with Crippen LogP contribution in [0.5, 0.6) is 5.75 Å². The van der Waals surface area contributed by atoms with Crippen molar-refractivity contribution in [2.75, 3.05) is 5.32 Å². The largest absolute Gasteiger partial charge is 0.508 e. The smallest absolute Gasteiger partial charge is 0.255 e. The number of phenols is 1. The second kappa shape index (κ2) is 8.91. The van der Waals surface area contributed by atoms with E-state index in [4.69, 9.17) is 69.6 Å². The molecule has 1 amide bonds. The molecule has 6 nitrogen and oxygen atoms in total. The number of benzene rings is 2. The zero-order valence-corrected chi connectivity index (χ0v) is 19.1. The Balaban J connectivity index is 1.88. The van der Waals surface area contributed by atoms with Gasteiger partial charge >= 0.3 is 0 Å². The number of carbonyl (C=O) groups is 1. The second-order valence-electron chi connectivity index (χ2n) is 5.88. The molecule has 0 unspecified atom stereocenters. The van der Waals surface area contributed by atoms with E-state index in [0.29, 0.717) is 16.8 Å². The molecular formula is C18H10Cl6N4O2. The van der Waals surface area contributed by atoms with Crippen LogP contribution < -0.4 is 5.32 Å². The van der Waals surface area contributed by atoms with Crippen molar-refractivity contribution in [2.45, 2.75) is 7.59 Å². The van der Waals surface area contributed by atoms with E-state index >= 15 is 0 Å². The van der Waals surface area contributed by atoms with Crippen LogP contribution in [-0.2, 0) is 7.59 Å². The summed E-state index contributed by atoms with van der Waals surface area (Å²) in [6, 6.07) is 12.4. The maximum absolute atomic E-state index is 12.3. The number of aromatic nitrogens is 3. The first-order valence-corrected chi connectivity index (χ1v) is 10.3. The molecule has 0 aliphatic heterocycles. The summed E-state index contributed by atoms with van der Waals surface area (Å²) >= 11 is 35.3. The van der Waals surface area contributed by atoms with Crippen molar-refractivity contribution < 1.29 is 9.90 Å². The van der Waals surface area contributed by atoms with Gasteiger partial charge in [0.05, 0.1) is 0 Å². The van der Waals surface area contributed by atoms with E-state index in [1.54, 1.807) is 24.3 Å². The highest BCUT2D eigenvalue weighted by molar-refractivity contribution is 6.67. The number of aromatic hydroxyl groups is 1. The van der Waals surface area contributed by atoms with Gasteiger partial charge in [0.15, 0.2) is 17.5 Å². The van der Waals surface area contributed by atoms with Gasteiger partial charge in [-0.1, -0.05) is 69.6 Å². The lowest BCUT2D eigenvalue weighted by Crippen LogP contribution is -2.16. The molecule has 156 valence electrons. The van der Waals surface area contributed by atoms with Gasteiger partial charge in [0.1, 0.15) is 5.75 Å². The van der Waals surface area contributed by atoms with E-state index in [0.717, 1.165) is 0 Å². The van der Waals surface area contributed by atoms with E-state index in [9.17, 15) is 9.90 Å². The number of phenolic OH excluding ortho intramolecular Hbond substituents is 1. The Morgan fingerprint density at radius 2 is 1.27 bits per heavy atom. The lowest BCUT2D eigenvalue weighted by Gasteiger charge is -2.15. The van der Waals surface area contributed by atoms with Gasteiger partial charge in [-0.15, -0.1) is 0 Å². The van der Waals surface area contributed by atoms with Crippen LogP contribution in [0, 0.1) is 0 Å². The van der Waals surface area contributed by atoms with Crippen molar-refractivity contribution in [3.8, 4) is 17.1 Å². The van der Waals surface area contributed by atoms with E-state index in [-0.39, 0.29) is 29.1 Å². The molecule has 2 N–H and O–H groups in total. The molecule has 0 bridgehead atoms. The maximum atomic E-state index is 12.3. The summed E-state index contributed by atoms with van der Waals surface area (Å²) in [5.41, 5.74) is 1.40. The Morgan fingerprint density at radius 1 is 0.767 bits per heavy atom. The van der Waals surface area contributed by atoms with Gasteiger partial charge < -0.3 is 10.4 Å². The highest BCUT2D eigenvalue weighted by Crippen LogP contribution is 2.40. The molecule has 1 aromatic heterocycles. The zero-order chi connectivity index (χ0) is 22.1. The molecule has 12 heteroatoms. The monoisotopic (exact) mass is 524 g/mol. The minimum absolute atomic E-state index is 0.0664. The van der Waals surface area contributed by atoms with Crippen LogP contribution in [-0.4, -0.2) is 26.0 Å². The highest BCUT2D eigenvalue weighted by Gasteiger charge is 2.34. The fourth-order valence-electron chi connectivity index (χ4n) is 2.28. The number of alkyl halides is 6. The summed E-state index contributed by atoms with van der Waals surface area (Å²) in [4.78, 5) is 24.4. The molecule has 0 aliphatic rings. The van der Waals surface area contributed by atoms with Gasteiger partial charge in [0.2, 0.25) is 7.59 Å². The van der Waals surface area contributed by atoms with Crippen LogP contribution >= 0.6 is 69.6 Å². The second-order valence-corrected chi connectivity index (χ2v) is 10.4. The van der Waals surface area contributed by atoms with Crippen LogP contribution in [0.4, 0.5) is 5.69 Å². The maximum Gasteiger partial charge on any atom is 0.255 e.